The molecule has 1 saturated heterocycles. The first-order valence-corrected chi connectivity index (χ1v) is 10.7. The maximum atomic E-state index is 14.8. The summed E-state index contributed by atoms with van der Waals surface area (Å²) in [6.07, 6.45) is 5.36. The first kappa shape index (κ1) is 23.4. The Kier molecular flexibility index (Phi) is 8.55. The molecule has 0 amide bonds. The lowest BCUT2D eigenvalue weighted by Crippen LogP contribution is -2.22. The average Bonchev–Trinajstić information content (AvgIpc) is 2.78. The fraction of sp³-hybridized carbons (Fsp3) is 0.440. The van der Waals surface area contributed by atoms with Crippen molar-refractivity contribution in [3.05, 3.63) is 66.0 Å². The van der Waals surface area contributed by atoms with Crippen LogP contribution in [0.25, 0.3) is 11.1 Å². The van der Waals surface area contributed by atoms with Crippen molar-refractivity contribution in [3.8, 4) is 16.9 Å². The summed E-state index contributed by atoms with van der Waals surface area (Å²) in [7, 11) is 1.67. The third-order valence-electron chi connectivity index (χ3n) is 5.62. The highest BCUT2D eigenvalue weighted by Gasteiger charge is 2.25. The number of ether oxygens (including phenoxy) is 3. The molecule has 1 fully saturated rings. The van der Waals surface area contributed by atoms with Gasteiger partial charge in [0.05, 0.1) is 19.3 Å². The molecule has 168 valence electrons. The van der Waals surface area contributed by atoms with Crippen molar-refractivity contribution in [2.75, 3.05) is 26.9 Å². The number of halogens is 3. The molecule has 0 aromatic heterocycles. The molecule has 0 aliphatic carbocycles. The first-order valence-electron chi connectivity index (χ1n) is 10.7. The van der Waals surface area contributed by atoms with E-state index in [1.54, 1.807) is 25.3 Å². The van der Waals surface area contributed by atoms with Crippen molar-refractivity contribution in [2.24, 2.45) is 5.92 Å². The van der Waals surface area contributed by atoms with Gasteiger partial charge in [0.25, 0.3) is 0 Å². The summed E-state index contributed by atoms with van der Waals surface area (Å²) in [5.41, 5.74) is 0.701. The van der Waals surface area contributed by atoms with Crippen LogP contribution in [-0.4, -0.2) is 26.9 Å². The zero-order valence-corrected chi connectivity index (χ0v) is 17.8. The molecule has 2 unspecified atom stereocenters. The van der Waals surface area contributed by atoms with Crippen molar-refractivity contribution in [1.29, 1.82) is 0 Å². The predicted molar refractivity (Wildman–Crippen MR) is 115 cm³/mol. The largest absolute Gasteiger partial charge is 0.490 e. The Morgan fingerprint density at radius 2 is 1.94 bits per heavy atom. The van der Waals surface area contributed by atoms with E-state index in [9.17, 15) is 13.2 Å². The maximum Gasteiger partial charge on any atom is 0.201 e. The van der Waals surface area contributed by atoms with Gasteiger partial charge in [0.1, 0.15) is 5.82 Å². The summed E-state index contributed by atoms with van der Waals surface area (Å²) >= 11 is 0. The van der Waals surface area contributed by atoms with Crippen molar-refractivity contribution in [1.82, 2.24) is 0 Å². The summed E-state index contributed by atoms with van der Waals surface area (Å²) in [5.74, 6) is -2.35. The van der Waals surface area contributed by atoms with Crippen LogP contribution in [0.15, 0.2) is 43.0 Å². The Morgan fingerprint density at radius 3 is 2.61 bits per heavy atom. The normalized spacial score (nSPS) is 18.7. The SMILES string of the molecule is C=CCCCOc1ccc(-c2ccc(C3CCC(CCOC)CO3)c(F)c2)c(F)c1F. The quantitative estimate of drug-likeness (QED) is 0.311. The summed E-state index contributed by atoms with van der Waals surface area (Å²) in [6, 6.07) is 7.21. The minimum Gasteiger partial charge on any atom is -0.490 e. The third kappa shape index (κ3) is 5.89. The Hall–Kier alpha value is -2.31. The monoisotopic (exact) mass is 434 g/mol. The maximum absolute atomic E-state index is 14.8. The molecule has 0 radical (unpaired) electrons. The Bertz CT molecular complexity index is 877. The van der Waals surface area contributed by atoms with Crippen LogP contribution < -0.4 is 4.74 Å². The van der Waals surface area contributed by atoms with Gasteiger partial charge in [-0.1, -0.05) is 18.2 Å². The van der Waals surface area contributed by atoms with Gasteiger partial charge in [0.2, 0.25) is 5.82 Å². The highest BCUT2D eigenvalue weighted by atomic mass is 19.2. The summed E-state index contributed by atoms with van der Waals surface area (Å²) < 4.78 is 60.1. The van der Waals surface area contributed by atoms with Gasteiger partial charge < -0.3 is 14.2 Å². The van der Waals surface area contributed by atoms with Crippen LogP contribution in [0.1, 0.15) is 43.8 Å². The van der Waals surface area contributed by atoms with E-state index in [0.29, 0.717) is 37.5 Å². The van der Waals surface area contributed by atoms with Gasteiger partial charge in [-0.05, 0) is 61.8 Å². The predicted octanol–water partition coefficient (Wildman–Crippen LogP) is 6.62. The van der Waals surface area contributed by atoms with E-state index in [1.807, 2.05) is 0 Å². The van der Waals surface area contributed by atoms with E-state index < -0.39 is 17.5 Å². The number of rotatable bonds is 10. The minimum atomic E-state index is -1.07. The molecule has 1 heterocycles. The van der Waals surface area contributed by atoms with E-state index in [-0.39, 0.29) is 29.6 Å². The average molecular weight is 434 g/mol. The van der Waals surface area contributed by atoms with Crippen LogP contribution in [0.5, 0.6) is 5.75 Å². The Balaban J connectivity index is 1.70. The molecule has 1 aliphatic heterocycles. The van der Waals surface area contributed by atoms with Gasteiger partial charge in [0.15, 0.2) is 11.6 Å². The van der Waals surface area contributed by atoms with E-state index in [2.05, 4.69) is 6.58 Å². The molecular formula is C25H29F3O3. The van der Waals surface area contributed by atoms with E-state index >= 15 is 0 Å². The molecule has 3 rings (SSSR count). The van der Waals surface area contributed by atoms with Gasteiger partial charge >= 0.3 is 0 Å². The molecule has 2 aromatic rings. The number of hydrogen-bond donors (Lipinski definition) is 0. The Labute approximate surface area is 181 Å². The zero-order valence-electron chi connectivity index (χ0n) is 17.8. The molecule has 0 N–H and O–H groups in total. The van der Waals surface area contributed by atoms with Gasteiger partial charge in [-0.2, -0.15) is 4.39 Å². The second-order valence-corrected chi connectivity index (χ2v) is 7.80. The van der Waals surface area contributed by atoms with Crippen molar-refractivity contribution < 1.29 is 27.4 Å². The molecule has 0 spiro atoms. The van der Waals surface area contributed by atoms with Gasteiger partial charge in [-0.3, -0.25) is 0 Å². The molecule has 6 heteroatoms. The number of hydrogen-bond acceptors (Lipinski definition) is 3. The third-order valence-corrected chi connectivity index (χ3v) is 5.62. The molecule has 0 saturated carbocycles. The van der Waals surface area contributed by atoms with E-state index in [1.165, 1.54) is 18.2 Å². The molecular weight excluding hydrogens is 405 g/mol. The lowest BCUT2D eigenvalue weighted by Gasteiger charge is -2.29. The smallest absolute Gasteiger partial charge is 0.201 e. The molecule has 31 heavy (non-hydrogen) atoms. The fourth-order valence-electron chi connectivity index (χ4n) is 3.80. The van der Waals surface area contributed by atoms with Gasteiger partial charge in [-0.15, -0.1) is 6.58 Å². The van der Waals surface area contributed by atoms with Crippen LogP contribution in [0.3, 0.4) is 0 Å². The second-order valence-electron chi connectivity index (χ2n) is 7.80. The second kappa shape index (κ2) is 11.3. The standard InChI is InChI=1S/C25H29F3O3/c1-3-4-5-13-30-23-11-9-19(24(27)25(23)28)18-7-8-20(21(26)15-18)22-10-6-17(16-31-22)12-14-29-2/h3,7-9,11,15,17,22H,1,4-6,10,12-14,16H2,2H3. The van der Waals surface area contributed by atoms with Crippen molar-refractivity contribution >= 4 is 0 Å². The Morgan fingerprint density at radius 1 is 1.10 bits per heavy atom. The van der Waals surface area contributed by atoms with Crippen LogP contribution in [0, 0.1) is 23.4 Å². The molecule has 0 bridgehead atoms. The van der Waals surface area contributed by atoms with E-state index in [4.69, 9.17) is 14.2 Å². The highest BCUT2D eigenvalue weighted by molar-refractivity contribution is 5.66. The van der Waals surface area contributed by atoms with Gasteiger partial charge in [0, 0.05) is 24.8 Å². The van der Waals surface area contributed by atoms with Crippen molar-refractivity contribution in [3.63, 3.8) is 0 Å². The summed E-state index contributed by atoms with van der Waals surface area (Å²) in [5, 5.41) is 0. The topological polar surface area (TPSA) is 27.7 Å². The van der Waals surface area contributed by atoms with Crippen molar-refractivity contribution in [2.45, 2.75) is 38.2 Å². The molecule has 3 nitrogen and oxygen atoms in total. The fourth-order valence-corrected chi connectivity index (χ4v) is 3.80. The molecule has 2 aromatic carbocycles. The lowest BCUT2D eigenvalue weighted by atomic mass is 9.91. The summed E-state index contributed by atoms with van der Waals surface area (Å²) in [6.45, 7) is 5.11. The number of unbranched alkanes of at least 4 members (excludes halogenated alkanes) is 1. The first-order chi connectivity index (χ1) is 15.0. The van der Waals surface area contributed by atoms with Crippen LogP contribution in [-0.2, 0) is 9.47 Å². The minimum absolute atomic E-state index is 0.00872. The van der Waals surface area contributed by atoms with Crippen LogP contribution in [0.4, 0.5) is 13.2 Å². The van der Waals surface area contributed by atoms with Gasteiger partial charge in [-0.25, -0.2) is 8.78 Å². The lowest BCUT2D eigenvalue weighted by molar-refractivity contribution is -0.0260. The molecule has 2 atom stereocenters. The van der Waals surface area contributed by atoms with Crippen LogP contribution in [0.2, 0.25) is 0 Å². The summed E-state index contributed by atoms with van der Waals surface area (Å²) in [4.78, 5) is 0. The van der Waals surface area contributed by atoms with Crippen LogP contribution >= 0.6 is 0 Å². The highest BCUT2D eigenvalue weighted by Crippen LogP contribution is 2.36. The number of methoxy groups -OCH3 is 1. The molecule has 1 aliphatic rings. The number of allylic oxidation sites excluding steroid dienone is 1. The van der Waals surface area contributed by atoms with E-state index in [0.717, 1.165) is 19.3 Å². The number of benzene rings is 2. The zero-order chi connectivity index (χ0) is 22.2.